The summed E-state index contributed by atoms with van der Waals surface area (Å²) < 4.78 is 22.2. The maximum Gasteiger partial charge on any atom is 0.154 e. The maximum absolute atomic E-state index is 11.6. The predicted molar refractivity (Wildman–Crippen MR) is 73.6 cm³/mol. The summed E-state index contributed by atoms with van der Waals surface area (Å²) in [5.41, 5.74) is 0.866. The Labute approximate surface area is 112 Å². The first-order valence-electron chi connectivity index (χ1n) is 5.31. The number of hydrogen-bond donors (Lipinski definition) is 1. The van der Waals surface area contributed by atoms with Gasteiger partial charge < -0.3 is 5.32 Å². The van der Waals surface area contributed by atoms with Crippen LogP contribution < -0.4 is 5.32 Å². The van der Waals surface area contributed by atoms with Crippen LogP contribution in [0.15, 0.2) is 18.2 Å². The Morgan fingerprint density at radius 1 is 1.44 bits per heavy atom. The van der Waals surface area contributed by atoms with Crippen LogP contribution >= 0.6 is 11.6 Å². The summed E-state index contributed by atoms with van der Waals surface area (Å²) in [6.07, 6.45) is 1.19. The Kier molecular flexibility index (Phi) is 4.25. The van der Waals surface area contributed by atoms with E-state index < -0.39 is 14.6 Å². The highest BCUT2D eigenvalue weighted by atomic mass is 35.5. The van der Waals surface area contributed by atoms with Crippen LogP contribution in [-0.2, 0) is 9.84 Å². The number of sulfone groups is 1. The maximum atomic E-state index is 11.6. The normalized spacial score (nSPS) is 11.9. The van der Waals surface area contributed by atoms with Crippen LogP contribution in [0, 0.1) is 11.3 Å². The zero-order valence-electron chi connectivity index (χ0n) is 10.5. The minimum atomic E-state index is -3.18. The van der Waals surface area contributed by atoms with E-state index in [0.717, 1.165) is 0 Å². The summed E-state index contributed by atoms with van der Waals surface area (Å²) >= 11 is 5.89. The van der Waals surface area contributed by atoms with Crippen LogP contribution in [0.1, 0.15) is 19.4 Å². The smallest absolute Gasteiger partial charge is 0.154 e. The van der Waals surface area contributed by atoms with Gasteiger partial charge >= 0.3 is 0 Å². The van der Waals surface area contributed by atoms with E-state index in [2.05, 4.69) is 5.32 Å². The average molecular weight is 287 g/mol. The third-order valence-electron chi connectivity index (χ3n) is 2.83. The highest BCUT2D eigenvalue weighted by molar-refractivity contribution is 7.92. The number of hydrogen-bond acceptors (Lipinski definition) is 4. The quantitative estimate of drug-likeness (QED) is 0.923. The molecule has 1 aromatic rings. The molecule has 0 radical (unpaired) electrons. The van der Waals surface area contributed by atoms with E-state index in [0.29, 0.717) is 16.3 Å². The van der Waals surface area contributed by atoms with E-state index in [9.17, 15) is 8.42 Å². The number of nitriles is 1. The Morgan fingerprint density at radius 3 is 2.56 bits per heavy atom. The van der Waals surface area contributed by atoms with Crippen molar-refractivity contribution in [1.82, 2.24) is 0 Å². The van der Waals surface area contributed by atoms with Crippen LogP contribution in [0.4, 0.5) is 5.69 Å². The molecule has 0 atom stereocenters. The number of rotatable bonds is 4. The van der Waals surface area contributed by atoms with Gasteiger partial charge in [-0.25, -0.2) is 8.42 Å². The molecule has 0 aliphatic carbocycles. The number of halogens is 1. The van der Waals surface area contributed by atoms with E-state index in [1.807, 2.05) is 6.07 Å². The van der Waals surface area contributed by atoms with Gasteiger partial charge in [0.2, 0.25) is 0 Å². The van der Waals surface area contributed by atoms with Crippen LogP contribution in [0.3, 0.4) is 0 Å². The van der Waals surface area contributed by atoms with Crippen molar-refractivity contribution in [3.63, 3.8) is 0 Å². The Balaban J connectivity index is 2.96. The molecule has 0 fully saturated rings. The molecule has 4 nitrogen and oxygen atoms in total. The average Bonchev–Trinajstić information content (AvgIpc) is 2.25. The topological polar surface area (TPSA) is 70.0 Å². The van der Waals surface area contributed by atoms with Gasteiger partial charge in [-0.05, 0) is 26.0 Å². The SMILES string of the molecule is CC(C)(CNc1cccc(Cl)c1C#N)S(C)(=O)=O. The number of benzene rings is 1. The summed E-state index contributed by atoms with van der Waals surface area (Å²) in [4.78, 5) is 0. The lowest BCUT2D eigenvalue weighted by Gasteiger charge is -2.23. The zero-order chi connectivity index (χ0) is 14.0. The van der Waals surface area contributed by atoms with Gasteiger partial charge in [0.15, 0.2) is 9.84 Å². The fourth-order valence-corrected chi connectivity index (χ4v) is 1.78. The third-order valence-corrected chi connectivity index (χ3v) is 5.30. The van der Waals surface area contributed by atoms with Crippen LogP contribution in [0.5, 0.6) is 0 Å². The Morgan fingerprint density at radius 2 is 2.06 bits per heavy atom. The second-order valence-electron chi connectivity index (χ2n) is 4.66. The molecule has 0 saturated carbocycles. The van der Waals surface area contributed by atoms with Gasteiger partial charge in [0.25, 0.3) is 0 Å². The highest BCUT2D eigenvalue weighted by Gasteiger charge is 2.30. The van der Waals surface area contributed by atoms with E-state index in [1.54, 1.807) is 32.0 Å². The lowest BCUT2D eigenvalue weighted by atomic mass is 10.1. The van der Waals surface area contributed by atoms with Crippen LogP contribution in [-0.4, -0.2) is 26.0 Å². The second-order valence-corrected chi connectivity index (χ2v) is 7.72. The minimum absolute atomic E-state index is 0.209. The van der Waals surface area contributed by atoms with Crippen molar-refractivity contribution in [2.24, 2.45) is 0 Å². The molecular formula is C12H15ClN2O2S. The molecule has 6 heteroatoms. The zero-order valence-corrected chi connectivity index (χ0v) is 12.1. The molecule has 0 aromatic heterocycles. The van der Waals surface area contributed by atoms with E-state index in [-0.39, 0.29) is 6.54 Å². The van der Waals surface area contributed by atoms with Gasteiger partial charge in [-0.1, -0.05) is 17.7 Å². The molecule has 98 valence electrons. The molecule has 0 spiro atoms. The van der Waals surface area contributed by atoms with Crippen molar-refractivity contribution in [2.75, 3.05) is 18.1 Å². The van der Waals surface area contributed by atoms with Crippen molar-refractivity contribution in [3.05, 3.63) is 28.8 Å². The molecule has 1 N–H and O–H groups in total. The number of nitrogens with zero attached hydrogens (tertiary/aromatic N) is 1. The summed E-state index contributed by atoms with van der Waals surface area (Å²) in [5.74, 6) is 0. The van der Waals surface area contributed by atoms with Crippen molar-refractivity contribution in [3.8, 4) is 6.07 Å². The summed E-state index contributed by atoms with van der Waals surface area (Å²) in [6, 6.07) is 7.02. The Bertz CT molecular complexity index is 589. The molecule has 0 aliphatic rings. The van der Waals surface area contributed by atoms with E-state index >= 15 is 0 Å². The molecule has 0 bridgehead atoms. The number of nitrogens with one attached hydrogen (secondary N) is 1. The van der Waals surface area contributed by atoms with Crippen molar-refractivity contribution in [1.29, 1.82) is 5.26 Å². The van der Waals surface area contributed by atoms with Crippen molar-refractivity contribution in [2.45, 2.75) is 18.6 Å². The molecule has 0 unspecified atom stereocenters. The summed E-state index contributed by atoms with van der Waals surface area (Å²) in [5, 5.41) is 12.3. The molecule has 0 amide bonds. The van der Waals surface area contributed by atoms with E-state index in [1.165, 1.54) is 6.26 Å². The fraction of sp³-hybridized carbons (Fsp3) is 0.417. The first kappa shape index (κ1) is 14.8. The van der Waals surface area contributed by atoms with Crippen LogP contribution in [0.2, 0.25) is 5.02 Å². The largest absolute Gasteiger partial charge is 0.382 e. The first-order valence-corrected chi connectivity index (χ1v) is 7.58. The van der Waals surface area contributed by atoms with Gasteiger partial charge in [-0.2, -0.15) is 5.26 Å². The molecule has 1 rings (SSSR count). The van der Waals surface area contributed by atoms with Crippen molar-refractivity contribution >= 4 is 27.1 Å². The molecular weight excluding hydrogens is 272 g/mol. The number of anilines is 1. The molecule has 0 heterocycles. The van der Waals surface area contributed by atoms with E-state index in [4.69, 9.17) is 16.9 Å². The molecule has 0 saturated heterocycles. The van der Waals surface area contributed by atoms with Gasteiger partial charge in [-0.15, -0.1) is 0 Å². The first-order chi connectivity index (χ1) is 8.19. The lowest BCUT2D eigenvalue weighted by molar-refractivity contribution is 0.560. The van der Waals surface area contributed by atoms with Gasteiger partial charge in [0.1, 0.15) is 6.07 Å². The molecule has 18 heavy (non-hydrogen) atoms. The second kappa shape index (κ2) is 5.17. The third kappa shape index (κ3) is 3.15. The lowest BCUT2D eigenvalue weighted by Crippen LogP contribution is -2.38. The standard InChI is InChI=1S/C12H15ClN2O2S/c1-12(2,18(3,16)17)8-15-11-6-4-5-10(13)9(11)7-14/h4-6,15H,8H2,1-3H3. The van der Waals surface area contributed by atoms with Crippen molar-refractivity contribution < 1.29 is 8.42 Å². The molecule has 0 aliphatic heterocycles. The highest BCUT2D eigenvalue weighted by Crippen LogP contribution is 2.24. The minimum Gasteiger partial charge on any atom is -0.382 e. The summed E-state index contributed by atoms with van der Waals surface area (Å²) in [7, 11) is -3.18. The fourth-order valence-electron chi connectivity index (χ4n) is 1.22. The van der Waals surface area contributed by atoms with Gasteiger partial charge in [0.05, 0.1) is 21.0 Å². The monoisotopic (exact) mass is 286 g/mol. The summed E-state index contributed by atoms with van der Waals surface area (Å²) in [6.45, 7) is 3.47. The van der Waals surface area contributed by atoms with Gasteiger partial charge in [0, 0.05) is 12.8 Å². The van der Waals surface area contributed by atoms with Crippen LogP contribution in [0.25, 0.3) is 0 Å². The van der Waals surface area contributed by atoms with Gasteiger partial charge in [-0.3, -0.25) is 0 Å². The predicted octanol–water partition coefficient (Wildman–Crippen LogP) is 2.45. The molecule has 1 aromatic carbocycles. The Hall–Kier alpha value is -1.25.